The van der Waals surface area contributed by atoms with E-state index in [1.54, 1.807) is 0 Å². The second-order valence-electron chi connectivity index (χ2n) is 2.29. The Labute approximate surface area is 65.7 Å². The van der Waals surface area contributed by atoms with E-state index in [1.165, 1.54) is 0 Å². The molecule has 11 heavy (non-hydrogen) atoms. The van der Waals surface area contributed by atoms with Crippen LogP contribution in [0.2, 0.25) is 0 Å². The van der Waals surface area contributed by atoms with Crippen LogP contribution in [-0.2, 0) is 11.3 Å². The van der Waals surface area contributed by atoms with Crippen LogP contribution in [0.1, 0.15) is 5.56 Å². The van der Waals surface area contributed by atoms with Gasteiger partial charge in [-0.15, -0.1) is 0 Å². The molecular weight excluding hydrogens is 140 g/mol. The van der Waals surface area contributed by atoms with E-state index in [9.17, 15) is 0 Å². The largest absolute Gasteiger partial charge is 0.345 e. The minimum absolute atomic E-state index is 0.358. The molecule has 1 rings (SSSR count). The molecule has 0 unspecified atom stereocenters. The predicted molar refractivity (Wildman–Crippen MR) is 43.0 cm³/mol. The Morgan fingerprint density at radius 3 is 2.55 bits per heavy atom. The van der Waals surface area contributed by atoms with E-state index in [4.69, 9.17) is 5.26 Å². The van der Waals surface area contributed by atoms with Crippen molar-refractivity contribution in [3.8, 4) is 0 Å². The average Bonchev–Trinajstić information content (AvgIpc) is 2.06. The number of hydrogen-bond donors (Lipinski definition) is 1. The number of benzene rings is 1. The van der Waals surface area contributed by atoms with E-state index in [-0.39, 0.29) is 0 Å². The molecule has 2 nitrogen and oxygen atoms in total. The third-order valence-electron chi connectivity index (χ3n) is 1.37. The minimum atomic E-state index is 0.358. The van der Waals surface area contributed by atoms with E-state index in [2.05, 4.69) is 11.5 Å². The van der Waals surface area contributed by atoms with Crippen LogP contribution in [0.15, 0.2) is 42.7 Å². The Bertz CT molecular complexity index is 229. The van der Waals surface area contributed by atoms with Gasteiger partial charge in [0.05, 0.1) is 0 Å². The Kier molecular flexibility index (Phi) is 2.69. The SMILES string of the molecule is C=C(Cc1ccccc1)OO. The lowest BCUT2D eigenvalue weighted by Crippen LogP contribution is -1.90. The first-order valence-corrected chi connectivity index (χ1v) is 3.36. The number of hydrogen-bond acceptors (Lipinski definition) is 2. The zero-order valence-electron chi connectivity index (χ0n) is 6.16. The van der Waals surface area contributed by atoms with E-state index in [0.29, 0.717) is 12.2 Å². The topological polar surface area (TPSA) is 29.5 Å². The van der Waals surface area contributed by atoms with Gasteiger partial charge in [-0.1, -0.05) is 36.9 Å². The molecule has 0 saturated heterocycles. The van der Waals surface area contributed by atoms with Crippen LogP contribution in [0, 0.1) is 0 Å². The van der Waals surface area contributed by atoms with Crippen molar-refractivity contribution in [1.29, 1.82) is 0 Å². The Balaban J connectivity index is 2.58. The van der Waals surface area contributed by atoms with Gasteiger partial charge in [0.15, 0.2) is 0 Å². The molecule has 0 saturated carbocycles. The van der Waals surface area contributed by atoms with Crippen LogP contribution in [0.25, 0.3) is 0 Å². The lowest BCUT2D eigenvalue weighted by molar-refractivity contribution is -0.204. The average molecular weight is 150 g/mol. The summed E-state index contributed by atoms with van der Waals surface area (Å²) < 4.78 is 0. The zero-order valence-corrected chi connectivity index (χ0v) is 6.16. The molecule has 0 bridgehead atoms. The van der Waals surface area contributed by atoms with Gasteiger partial charge in [0, 0.05) is 6.42 Å². The van der Waals surface area contributed by atoms with Gasteiger partial charge in [-0.2, -0.15) is 0 Å². The standard InChI is InChI=1S/C9H10O2/c1-8(11-10)7-9-5-3-2-4-6-9/h2-6,10H,1,7H2. The fraction of sp³-hybridized carbons (Fsp3) is 0.111. The third-order valence-corrected chi connectivity index (χ3v) is 1.37. The van der Waals surface area contributed by atoms with Crippen molar-refractivity contribution >= 4 is 0 Å². The van der Waals surface area contributed by atoms with Crippen molar-refractivity contribution in [2.45, 2.75) is 6.42 Å². The van der Waals surface area contributed by atoms with Gasteiger partial charge in [-0.3, -0.25) is 0 Å². The summed E-state index contributed by atoms with van der Waals surface area (Å²) in [5, 5.41) is 8.20. The maximum absolute atomic E-state index is 8.20. The van der Waals surface area contributed by atoms with Gasteiger partial charge in [0.1, 0.15) is 5.76 Å². The smallest absolute Gasteiger partial charge is 0.139 e. The summed E-state index contributed by atoms with van der Waals surface area (Å²) in [5.41, 5.74) is 1.08. The zero-order chi connectivity index (χ0) is 8.10. The molecule has 0 heterocycles. The van der Waals surface area contributed by atoms with Gasteiger partial charge in [0.2, 0.25) is 0 Å². The van der Waals surface area contributed by atoms with Crippen molar-refractivity contribution in [2.24, 2.45) is 0 Å². The first kappa shape index (κ1) is 7.82. The first-order valence-electron chi connectivity index (χ1n) is 3.36. The fourth-order valence-electron chi connectivity index (χ4n) is 0.856. The van der Waals surface area contributed by atoms with Gasteiger partial charge >= 0.3 is 0 Å². The molecule has 0 aromatic heterocycles. The summed E-state index contributed by atoms with van der Waals surface area (Å²) in [4.78, 5) is 3.96. The molecule has 1 N–H and O–H groups in total. The van der Waals surface area contributed by atoms with Crippen LogP contribution in [0.3, 0.4) is 0 Å². The van der Waals surface area contributed by atoms with Gasteiger partial charge in [0.25, 0.3) is 0 Å². The van der Waals surface area contributed by atoms with Crippen molar-refractivity contribution < 1.29 is 10.1 Å². The molecule has 1 aromatic carbocycles. The summed E-state index contributed by atoms with van der Waals surface area (Å²) >= 11 is 0. The second kappa shape index (κ2) is 3.78. The summed E-state index contributed by atoms with van der Waals surface area (Å²) in [6.07, 6.45) is 0.553. The van der Waals surface area contributed by atoms with Crippen molar-refractivity contribution in [1.82, 2.24) is 0 Å². The van der Waals surface area contributed by atoms with Crippen molar-refractivity contribution in [3.63, 3.8) is 0 Å². The van der Waals surface area contributed by atoms with Crippen LogP contribution >= 0.6 is 0 Å². The lowest BCUT2D eigenvalue weighted by Gasteiger charge is -2.00. The van der Waals surface area contributed by atoms with Gasteiger partial charge < -0.3 is 4.89 Å². The van der Waals surface area contributed by atoms with E-state index >= 15 is 0 Å². The maximum atomic E-state index is 8.20. The van der Waals surface area contributed by atoms with Gasteiger partial charge in [-0.05, 0) is 5.56 Å². The summed E-state index contributed by atoms with van der Waals surface area (Å²) in [6.45, 7) is 3.50. The summed E-state index contributed by atoms with van der Waals surface area (Å²) in [7, 11) is 0. The molecule has 0 fully saturated rings. The van der Waals surface area contributed by atoms with E-state index in [0.717, 1.165) is 5.56 Å². The van der Waals surface area contributed by atoms with Crippen LogP contribution in [0.4, 0.5) is 0 Å². The molecular formula is C9H10O2. The number of rotatable bonds is 3. The van der Waals surface area contributed by atoms with Gasteiger partial charge in [-0.25, -0.2) is 5.26 Å². The highest BCUT2D eigenvalue weighted by molar-refractivity contribution is 5.18. The highest BCUT2D eigenvalue weighted by atomic mass is 17.1. The van der Waals surface area contributed by atoms with E-state index in [1.807, 2.05) is 30.3 Å². The minimum Gasteiger partial charge on any atom is -0.345 e. The molecule has 2 heteroatoms. The molecule has 0 aliphatic carbocycles. The molecule has 0 aliphatic heterocycles. The summed E-state index contributed by atoms with van der Waals surface area (Å²) in [6, 6.07) is 9.69. The molecule has 58 valence electrons. The lowest BCUT2D eigenvalue weighted by atomic mass is 10.1. The van der Waals surface area contributed by atoms with Crippen LogP contribution in [-0.4, -0.2) is 5.26 Å². The maximum Gasteiger partial charge on any atom is 0.139 e. The molecule has 0 amide bonds. The fourth-order valence-corrected chi connectivity index (χ4v) is 0.856. The second-order valence-corrected chi connectivity index (χ2v) is 2.29. The monoisotopic (exact) mass is 150 g/mol. The van der Waals surface area contributed by atoms with Crippen molar-refractivity contribution in [2.75, 3.05) is 0 Å². The molecule has 0 spiro atoms. The highest BCUT2D eigenvalue weighted by Gasteiger charge is 1.95. The quantitative estimate of drug-likeness (QED) is 0.406. The molecule has 0 aliphatic rings. The van der Waals surface area contributed by atoms with E-state index < -0.39 is 0 Å². The Morgan fingerprint density at radius 2 is 2.00 bits per heavy atom. The highest BCUT2D eigenvalue weighted by Crippen LogP contribution is 2.05. The molecule has 0 atom stereocenters. The molecule has 0 radical (unpaired) electrons. The molecule has 1 aromatic rings. The van der Waals surface area contributed by atoms with Crippen LogP contribution in [0.5, 0.6) is 0 Å². The number of allylic oxidation sites excluding steroid dienone is 1. The van der Waals surface area contributed by atoms with Crippen LogP contribution < -0.4 is 0 Å². The predicted octanol–water partition coefficient (Wildman–Crippen LogP) is 2.23. The summed E-state index contributed by atoms with van der Waals surface area (Å²) in [5.74, 6) is 0.358. The Hall–Kier alpha value is -1.28. The first-order chi connectivity index (χ1) is 5.33. The Morgan fingerprint density at radius 1 is 1.36 bits per heavy atom. The van der Waals surface area contributed by atoms with Crippen molar-refractivity contribution in [3.05, 3.63) is 48.2 Å². The normalized spacial score (nSPS) is 9.18. The third kappa shape index (κ3) is 2.43.